The van der Waals surface area contributed by atoms with Crippen molar-refractivity contribution in [2.75, 3.05) is 16.8 Å². The fraction of sp³-hybridized carbons (Fsp3) is 0.0952. The molecule has 7 nitrogen and oxygen atoms in total. The minimum Gasteiger partial charge on any atom is -0.454 e. The van der Waals surface area contributed by atoms with E-state index in [0.29, 0.717) is 17.2 Å². The lowest BCUT2D eigenvalue weighted by molar-refractivity contribution is 0.102. The molecule has 1 heterocycles. The second-order valence-corrected chi connectivity index (χ2v) is 8.72. The Kier molecular flexibility index (Phi) is 5.27. The van der Waals surface area contributed by atoms with Crippen LogP contribution in [0, 0.1) is 6.92 Å². The summed E-state index contributed by atoms with van der Waals surface area (Å²) in [5.74, 6) is 0.711. The Morgan fingerprint density at radius 2 is 1.63 bits per heavy atom. The minimum absolute atomic E-state index is 0.109. The average Bonchev–Trinajstić information content (AvgIpc) is 3.16. The van der Waals surface area contributed by atoms with Crippen LogP contribution in [0.5, 0.6) is 11.5 Å². The lowest BCUT2D eigenvalue weighted by Gasteiger charge is -2.11. The number of halogens is 1. The summed E-state index contributed by atoms with van der Waals surface area (Å²) in [5.41, 5.74) is 1.92. The number of amides is 1. The summed E-state index contributed by atoms with van der Waals surface area (Å²) in [6.07, 6.45) is 0. The number of hydrogen-bond acceptors (Lipinski definition) is 5. The largest absolute Gasteiger partial charge is 0.454 e. The topological polar surface area (TPSA) is 93.7 Å². The molecule has 1 aliphatic heterocycles. The molecule has 4 rings (SSSR count). The Labute approximate surface area is 178 Å². The van der Waals surface area contributed by atoms with Crippen molar-refractivity contribution in [1.82, 2.24) is 0 Å². The predicted molar refractivity (Wildman–Crippen MR) is 114 cm³/mol. The van der Waals surface area contributed by atoms with Gasteiger partial charge < -0.3 is 14.8 Å². The Morgan fingerprint density at radius 3 is 2.37 bits per heavy atom. The van der Waals surface area contributed by atoms with E-state index in [1.807, 2.05) is 6.92 Å². The molecule has 2 N–H and O–H groups in total. The summed E-state index contributed by atoms with van der Waals surface area (Å²) >= 11 is 6.24. The van der Waals surface area contributed by atoms with Gasteiger partial charge in [0.15, 0.2) is 11.5 Å². The molecule has 9 heteroatoms. The van der Waals surface area contributed by atoms with E-state index in [1.165, 1.54) is 30.3 Å². The molecule has 0 spiro atoms. The second-order valence-electron chi connectivity index (χ2n) is 6.64. The maximum atomic E-state index is 12.6. The van der Waals surface area contributed by atoms with E-state index in [4.69, 9.17) is 21.1 Å². The highest BCUT2D eigenvalue weighted by molar-refractivity contribution is 7.92. The van der Waals surface area contributed by atoms with Crippen molar-refractivity contribution in [1.29, 1.82) is 0 Å². The number of carbonyl (C=O) groups is 1. The van der Waals surface area contributed by atoms with Crippen molar-refractivity contribution >= 4 is 38.9 Å². The van der Waals surface area contributed by atoms with Gasteiger partial charge in [0.2, 0.25) is 6.79 Å². The van der Waals surface area contributed by atoms with Crippen LogP contribution in [0.15, 0.2) is 65.6 Å². The normalized spacial score (nSPS) is 12.5. The van der Waals surface area contributed by atoms with Gasteiger partial charge in [0, 0.05) is 11.8 Å². The van der Waals surface area contributed by atoms with E-state index < -0.39 is 15.9 Å². The van der Waals surface area contributed by atoms with Crippen molar-refractivity contribution in [3.63, 3.8) is 0 Å². The Bertz CT molecular complexity index is 1230. The Hall–Kier alpha value is -3.23. The van der Waals surface area contributed by atoms with E-state index in [-0.39, 0.29) is 28.0 Å². The molecule has 1 aliphatic rings. The highest BCUT2D eigenvalue weighted by Gasteiger charge is 2.18. The molecule has 3 aromatic carbocycles. The fourth-order valence-corrected chi connectivity index (χ4v) is 4.18. The summed E-state index contributed by atoms with van der Waals surface area (Å²) in [7, 11) is -3.77. The van der Waals surface area contributed by atoms with E-state index >= 15 is 0 Å². The molecule has 0 aliphatic carbocycles. The number of rotatable bonds is 5. The van der Waals surface area contributed by atoms with Crippen LogP contribution in [0.2, 0.25) is 5.02 Å². The maximum absolute atomic E-state index is 12.6. The average molecular weight is 445 g/mol. The zero-order valence-electron chi connectivity index (χ0n) is 15.8. The zero-order valence-corrected chi connectivity index (χ0v) is 17.4. The lowest BCUT2D eigenvalue weighted by Crippen LogP contribution is -2.15. The van der Waals surface area contributed by atoms with Crippen LogP contribution in [-0.4, -0.2) is 21.1 Å². The molecule has 0 radical (unpaired) electrons. The molecule has 154 valence electrons. The highest BCUT2D eigenvalue weighted by atomic mass is 35.5. The number of benzene rings is 3. The van der Waals surface area contributed by atoms with Gasteiger partial charge in [0.1, 0.15) is 0 Å². The van der Waals surface area contributed by atoms with Crippen molar-refractivity contribution < 1.29 is 22.7 Å². The molecule has 30 heavy (non-hydrogen) atoms. The van der Waals surface area contributed by atoms with Crippen LogP contribution in [0.4, 0.5) is 11.4 Å². The molecule has 0 unspecified atom stereocenters. The summed E-state index contributed by atoms with van der Waals surface area (Å²) < 4.78 is 38.0. The first-order valence-corrected chi connectivity index (χ1v) is 10.8. The van der Waals surface area contributed by atoms with Crippen LogP contribution < -0.4 is 19.5 Å². The molecule has 0 saturated heterocycles. The van der Waals surface area contributed by atoms with Crippen LogP contribution in [0.3, 0.4) is 0 Å². The van der Waals surface area contributed by atoms with Crippen LogP contribution in [0.1, 0.15) is 15.9 Å². The minimum atomic E-state index is -3.77. The van der Waals surface area contributed by atoms with Gasteiger partial charge >= 0.3 is 0 Å². The number of fused-ring (bicyclic) bond motifs is 1. The molecular formula is C21H17ClN2O5S. The van der Waals surface area contributed by atoms with Crippen LogP contribution >= 0.6 is 11.6 Å². The van der Waals surface area contributed by atoms with Crippen LogP contribution in [-0.2, 0) is 10.0 Å². The number of carbonyl (C=O) groups excluding carboxylic acids is 1. The summed E-state index contributed by atoms with van der Waals surface area (Å²) in [6, 6.07) is 15.8. The third-order valence-corrected chi connectivity index (χ3v) is 6.14. The van der Waals surface area contributed by atoms with E-state index in [1.54, 1.807) is 30.3 Å². The molecule has 0 aromatic heterocycles. The first-order valence-electron chi connectivity index (χ1n) is 8.92. The Morgan fingerprint density at radius 1 is 0.933 bits per heavy atom. The van der Waals surface area contributed by atoms with Gasteiger partial charge in [-0.1, -0.05) is 29.3 Å². The standard InChI is InChI=1S/C21H17ClN2O5S/c1-13-2-6-16(7-3-13)30(26,27)24-15-4-8-17(18(22)10-15)21(25)23-14-5-9-19-20(11-14)29-12-28-19/h2-11,24H,12H2,1H3,(H,23,25). The van der Waals surface area contributed by atoms with Gasteiger partial charge in [0.25, 0.3) is 15.9 Å². The molecule has 1 amide bonds. The number of aryl methyl sites for hydroxylation is 1. The quantitative estimate of drug-likeness (QED) is 0.607. The lowest BCUT2D eigenvalue weighted by atomic mass is 10.2. The fourth-order valence-electron chi connectivity index (χ4n) is 2.87. The molecule has 0 atom stereocenters. The van der Waals surface area contributed by atoms with Crippen LogP contribution in [0.25, 0.3) is 0 Å². The zero-order chi connectivity index (χ0) is 21.3. The van der Waals surface area contributed by atoms with Crippen molar-refractivity contribution in [2.24, 2.45) is 0 Å². The SMILES string of the molecule is Cc1ccc(S(=O)(=O)Nc2ccc(C(=O)Nc3ccc4c(c3)OCO4)c(Cl)c2)cc1. The summed E-state index contributed by atoms with van der Waals surface area (Å²) in [6.45, 7) is 2.01. The smallest absolute Gasteiger partial charge is 0.261 e. The van der Waals surface area contributed by atoms with E-state index in [9.17, 15) is 13.2 Å². The van der Waals surface area contributed by atoms with Crippen molar-refractivity contribution in [3.8, 4) is 11.5 Å². The number of ether oxygens (including phenoxy) is 2. The number of sulfonamides is 1. The molecule has 3 aromatic rings. The molecule has 0 saturated carbocycles. The predicted octanol–water partition coefficient (Wildman–Crippen LogP) is 4.43. The first kappa shape index (κ1) is 20.1. The van der Waals surface area contributed by atoms with Gasteiger partial charge in [-0.25, -0.2) is 8.42 Å². The Balaban J connectivity index is 1.50. The van der Waals surface area contributed by atoms with Crippen molar-refractivity contribution in [3.05, 3.63) is 76.8 Å². The van der Waals surface area contributed by atoms with Gasteiger partial charge in [-0.15, -0.1) is 0 Å². The molecule has 0 fully saturated rings. The van der Waals surface area contributed by atoms with Gasteiger partial charge in [-0.3, -0.25) is 9.52 Å². The van der Waals surface area contributed by atoms with E-state index in [2.05, 4.69) is 10.0 Å². The number of anilines is 2. The third-order valence-electron chi connectivity index (χ3n) is 4.43. The highest BCUT2D eigenvalue weighted by Crippen LogP contribution is 2.34. The monoisotopic (exact) mass is 444 g/mol. The summed E-state index contributed by atoms with van der Waals surface area (Å²) in [5, 5.41) is 2.84. The van der Waals surface area contributed by atoms with Gasteiger partial charge in [-0.2, -0.15) is 0 Å². The summed E-state index contributed by atoms with van der Waals surface area (Å²) in [4.78, 5) is 12.7. The van der Waals surface area contributed by atoms with E-state index in [0.717, 1.165) is 5.56 Å². The third kappa shape index (κ3) is 4.19. The van der Waals surface area contributed by atoms with Gasteiger partial charge in [-0.05, 0) is 49.4 Å². The first-order chi connectivity index (χ1) is 14.3. The number of nitrogens with one attached hydrogen (secondary N) is 2. The van der Waals surface area contributed by atoms with Gasteiger partial charge in [0.05, 0.1) is 21.2 Å². The molecule has 0 bridgehead atoms. The maximum Gasteiger partial charge on any atom is 0.261 e. The number of hydrogen-bond donors (Lipinski definition) is 2. The molecular weight excluding hydrogens is 428 g/mol. The second kappa shape index (κ2) is 7.89. The van der Waals surface area contributed by atoms with Crippen molar-refractivity contribution in [2.45, 2.75) is 11.8 Å².